The van der Waals surface area contributed by atoms with Crippen molar-refractivity contribution in [3.8, 4) is 0 Å². The van der Waals surface area contributed by atoms with Crippen LogP contribution in [0.2, 0.25) is 10.0 Å². The van der Waals surface area contributed by atoms with Crippen LogP contribution in [0.4, 0.5) is 0 Å². The van der Waals surface area contributed by atoms with E-state index in [0.717, 1.165) is 31.7 Å². The first-order valence-electron chi connectivity index (χ1n) is 6.59. The summed E-state index contributed by atoms with van der Waals surface area (Å²) in [6.45, 7) is 6.43. The molecule has 2 rings (SSSR count). The first-order chi connectivity index (χ1) is 8.70. The molecule has 1 saturated heterocycles. The number of nitrogens with one attached hydrogen (secondary N) is 1. The minimum Gasteiger partial charge on any atom is -0.313 e. The SMILES string of the molecule is CCC1CN(Cc2cccc(Cl)c2Cl)CCCN1. The standard InChI is InChI=1S/C14H20Cl2N2/c1-2-12-10-18(8-4-7-17-12)9-11-5-3-6-13(15)14(11)16/h3,5-6,12,17H,2,4,7-10H2,1H3. The number of hydrogen-bond acceptors (Lipinski definition) is 2. The number of nitrogens with zero attached hydrogens (tertiary/aromatic N) is 1. The zero-order chi connectivity index (χ0) is 13.0. The lowest BCUT2D eigenvalue weighted by molar-refractivity contribution is 0.257. The normalized spacial score (nSPS) is 21.8. The van der Waals surface area contributed by atoms with Crippen LogP contribution < -0.4 is 5.32 Å². The number of hydrogen-bond donors (Lipinski definition) is 1. The molecule has 1 atom stereocenters. The van der Waals surface area contributed by atoms with Gasteiger partial charge in [0.1, 0.15) is 0 Å². The van der Waals surface area contributed by atoms with Crippen LogP contribution >= 0.6 is 23.2 Å². The molecule has 18 heavy (non-hydrogen) atoms. The van der Waals surface area contributed by atoms with Gasteiger partial charge in [-0.3, -0.25) is 4.90 Å². The van der Waals surface area contributed by atoms with Gasteiger partial charge in [0.15, 0.2) is 0 Å². The summed E-state index contributed by atoms with van der Waals surface area (Å²) in [7, 11) is 0. The second kappa shape index (κ2) is 6.76. The topological polar surface area (TPSA) is 15.3 Å². The van der Waals surface area contributed by atoms with Gasteiger partial charge in [-0.25, -0.2) is 0 Å². The Morgan fingerprint density at radius 2 is 2.22 bits per heavy atom. The molecule has 100 valence electrons. The highest BCUT2D eigenvalue weighted by atomic mass is 35.5. The number of halogens is 2. The van der Waals surface area contributed by atoms with E-state index in [1.54, 1.807) is 0 Å². The van der Waals surface area contributed by atoms with Crippen LogP contribution in [0.15, 0.2) is 18.2 Å². The highest BCUT2D eigenvalue weighted by Crippen LogP contribution is 2.26. The molecule has 0 aromatic heterocycles. The summed E-state index contributed by atoms with van der Waals surface area (Å²) in [5, 5.41) is 4.92. The molecule has 2 nitrogen and oxygen atoms in total. The van der Waals surface area contributed by atoms with E-state index in [2.05, 4.69) is 23.2 Å². The fraction of sp³-hybridized carbons (Fsp3) is 0.571. The quantitative estimate of drug-likeness (QED) is 0.914. The summed E-state index contributed by atoms with van der Waals surface area (Å²) in [6, 6.07) is 6.46. The summed E-state index contributed by atoms with van der Waals surface area (Å²) in [5.41, 5.74) is 1.13. The summed E-state index contributed by atoms with van der Waals surface area (Å²) in [5.74, 6) is 0. The number of benzene rings is 1. The third-order valence-electron chi connectivity index (χ3n) is 3.48. The molecule has 0 saturated carbocycles. The molecule has 0 spiro atoms. The van der Waals surface area contributed by atoms with E-state index in [0.29, 0.717) is 16.1 Å². The van der Waals surface area contributed by atoms with Crippen molar-refractivity contribution in [1.29, 1.82) is 0 Å². The van der Waals surface area contributed by atoms with E-state index < -0.39 is 0 Å². The van der Waals surface area contributed by atoms with E-state index in [9.17, 15) is 0 Å². The largest absolute Gasteiger partial charge is 0.313 e. The summed E-state index contributed by atoms with van der Waals surface area (Å²) in [4.78, 5) is 2.46. The third-order valence-corrected chi connectivity index (χ3v) is 4.34. The Morgan fingerprint density at radius 3 is 3.00 bits per heavy atom. The molecule has 1 aliphatic heterocycles. The monoisotopic (exact) mass is 286 g/mol. The Balaban J connectivity index is 2.05. The lowest BCUT2D eigenvalue weighted by Gasteiger charge is -2.24. The lowest BCUT2D eigenvalue weighted by Crippen LogP contribution is -2.36. The average Bonchev–Trinajstić information content (AvgIpc) is 2.60. The van der Waals surface area contributed by atoms with Crippen LogP contribution in [-0.4, -0.2) is 30.6 Å². The molecule has 1 heterocycles. The van der Waals surface area contributed by atoms with Gasteiger partial charge in [0.25, 0.3) is 0 Å². The van der Waals surface area contributed by atoms with Gasteiger partial charge < -0.3 is 5.32 Å². The van der Waals surface area contributed by atoms with Gasteiger partial charge in [-0.1, -0.05) is 42.3 Å². The second-order valence-electron chi connectivity index (χ2n) is 4.86. The van der Waals surface area contributed by atoms with Crippen molar-refractivity contribution in [3.05, 3.63) is 33.8 Å². The van der Waals surface area contributed by atoms with Crippen LogP contribution in [0.25, 0.3) is 0 Å². The van der Waals surface area contributed by atoms with Gasteiger partial charge in [-0.15, -0.1) is 0 Å². The van der Waals surface area contributed by atoms with Gasteiger partial charge in [0.2, 0.25) is 0 Å². The highest BCUT2D eigenvalue weighted by Gasteiger charge is 2.17. The lowest BCUT2D eigenvalue weighted by atomic mass is 10.1. The first-order valence-corrected chi connectivity index (χ1v) is 7.35. The van der Waals surface area contributed by atoms with Crippen molar-refractivity contribution in [2.45, 2.75) is 32.4 Å². The number of rotatable bonds is 3. The van der Waals surface area contributed by atoms with Crippen molar-refractivity contribution in [3.63, 3.8) is 0 Å². The predicted octanol–water partition coefficient (Wildman–Crippen LogP) is 3.57. The average molecular weight is 287 g/mol. The fourth-order valence-corrected chi connectivity index (χ4v) is 2.78. The summed E-state index contributed by atoms with van der Waals surface area (Å²) < 4.78 is 0. The maximum Gasteiger partial charge on any atom is 0.0637 e. The third kappa shape index (κ3) is 3.61. The molecule has 4 heteroatoms. The minimum absolute atomic E-state index is 0.588. The Bertz CT molecular complexity index is 395. The zero-order valence-electron chi connectivity index (χ0n) is 10.8. The minimum atomic E-state index is 0.588. The van der Waals surface area contributed by atoms with Gasteiger partial charge in [0, 0.05) is 19.1 Å². The predicted molar refractivity (Wildman–Crippen MR) is 78.4 cm³/mol. The first kappa shape index (κ1) is 14.1. The van der Waals surface area contributed by atoms with E-state index in [-0.39, 0.29) is 0 Å². The van der Waals surface area contributed by atoms with E-state index in [1.165, 1.54) is 12.8 Å². The van der Waals surface area contributed by atoms with Crippen molar-refractivity contribution < 1.29 is 0 Å². The smallest absolute Gasteiger partial charge is 0.0637 e. The molecule has 1 aromatic rings. The van der Waals surface area contributed by atoms with Gasteiger partial charge >= 0.3 is 0 Å². The van der Waals surface area contributed by atoms with Crippen molar-refractivity contribution >= 4 is 23.2 Å². The van der Waals surface area contributed by atoms with Crippen LogP contribution in [0, 0.1) is 0 Å². The Kier molecular flexibility index (Phi) is 5.31. The van der Waals surface area contributed by atoms with Crippen LogP contribution in [0.5, 0.6) is 0 Å². The summed E-state index contributed by atoms with van der Waals surface area (Å²) >= 11 is 12.3. The van der Waals surface area contributed by atoms with Gasteiger partial charge in [-0.2, -0.15) is 0 Å². The molecule has 0 amide bonds. The van der Waals surface area contributed by atoms with E-state index in [1.807, 2.05) is 12.1 Å². The molecular formula is C14H20Cl2N2. The van der Waals surface area contributed by atoms with Gasteiger partial charge in [0.05, 0.1) is 10.0 Å². The molecular weight excluding hydrogens is 267 g/mol. The van der Waals surface area contributed by atoms with Gasteiger partial charge in [-0.05, 0) is 37.6 Å². The molecule has 0 bridgehead atoms. The Morgan fingerprint density at radius 1 is 1.39 bits per heavy atom. The zero-order valence-corrected chi connectivity index (χ0v) is 12.3. The maximum absolute atomic E-state index is 6.25. The van der Waals surface area contributed by atoms with Crippen molar-refractivity contribution in [1.82, 2.24) is 10.2 Å². The van der Waals surface area contributed by atoms with E-state index >= 15 is 0 Å². The fourth-order valence-electron chi connectivity index (χ4n) is 2.40. The summed E-state index contributed by atoms with van der Waals surface area (Å²) in [6.07, 6.45) is 2.36. The molecule has 1 fully saturated rings. The van der Waals surface area contributed by atoms with Crippen molar-refractivity contribution in [2.24, 2.45) is 0 Å². The maximum atomic E-state index is 6.25. The van der Waals surface area contributed by atoms with Crippen LogP contribution in [0.3, 0.4) is 0 Å². The highest BCUT2D eigenvalue weighted by molar-refractivity contribution is 6.42. The van der Waals surface area contributed by atoms with Crippen LogP contribution in [-0.2, 0) is 6.54 Å². The Hall–Kier alpha value is -0.280. The molecule has 1 aromatic carbocycles. The molecule has 1 N–H and O–H groups in total. The molecule has 0 radical (unpaired) electrons. The molecule has 0 aliphatic carbocycles. The van der Waals surface area contributed by atoms with E-state index in [4.69, 9.17) is 23.2 Å². The van der Waals surface area contributed by atoms with Crippen molar-refractivity contribution in [2.75, 3.05) is 19.6 Å². The molecule has 1 unspecified atom stereocenters. The molecule has 1 aliphatic rings. The van der Waals surface area contributed by atoms with Crippen LogP contribution in [0.1, 0.15) is 25.3 Å². The second-order valence-corrected chi connectivity index (χ2v) is 5.65. The Labute approximate surface area is 119 Å².